The summed E-state index contributed by atoms with van der Waals surface area (Å²) in [5.41, 5.74) is 0.626. The van der Waals surface area contributed by atoms with Gasteiger partial charge in [0.1, 0.15) is 0 Å². The van der Waals surface area contributed by atoms with Gasteiger partial charge in [-0.15, -0.1) is 0 Å². The molecule has 0 aromatic rings. The average Bonchev–Trinajstić information content (AvgIpc) is 2.25. The van der Waals surface area contributed by atoms with E-state index >= 15 is 0 Å². The molecule has 2 aliphatic carbocycles. The van der Waals surface area contributed by atoms with Crippen molar-refractivity contribution in [2.75, 3.05) is 0 Å². The normalized spacial score (nSPS) is 45.8. The van der Waals surface area contributed by atoms with Crippen LogP contribution in [0.1, 0.15) is 46.5 Å². The van der Waals surface area contributed by atoms with Crippen molar-refractivity contribution in [2.24, 2.45) is 23.2 Å². The Labute approximate surface area is 76.7 Å². The van der Waals surface area contributed by atoms with Gasteiger partial charge in [0, 0.05) is 0 Å². The van der Waals surface area contributed by atoms with Crippen molar-refractivity contribution in [3.05, 3.63) is 6.42 Å². The van der Waals surface area contributed by atoms with Gasteiger partial charge in [0.25, 0.3) is 0 Å². The van der Waals surface area contributed by atoms with Crippen LogP contribution in [-0.4, -0.2) is 0 Å². The van der Waals surface area contributed by atoms with Crippen LogP contribution in [0.15, 0.2) is 0 Å². The smallest absolute Gasteiger partial charge is 0.0320 e. The van der Waals surface area contributed by atoms with Crippen LogP contribution in [0.2, 0.25) is 0 Å². The highest BCUT2D eigenvalue weighted by molar-refractivity contribution is 5.02. The van der Waals surface area contributed by atoms with E-state index in [0.717, 1.165) is 17.8 Å². The largest absolute Gasteiger partial charge is 0.0622 e. The van der Waals surface area contributed by atoms with E-state index in [2.05, 4.69) is 27.2 Å². The van der Waals surface area contributed by atoms with Gasteiger partial charge < -0.3 is 0 Å². The predicted molar refractivity (Wildman–Crippen MR) is 52.7 cm³/mol. The molecule has 12 heavy (non-hydrogen) atoms. The van der Waals surface area contributed by atoms with Crippen LogP contribution in [0.3, 0.4) is 0 Å². The fourth-order valence-electron chi connectivity index (χ4n) is 3.66. The van der Waals surface area contributed by atoms with Gasteiger partial charge >= 0.3 is 0 Å². The van der Waals surface area contributed by atoms with E-state index in [-0.39, 0.29) is 0 Å². The van der Waals surface area contributed by atoms with Gasteiger partial charge in [0.05, 0.1) is 0 Å². The van der Waals surface area contributed by atoms with Crippen molar-refractivity contribution in [2.45, 2.75) is 46.5 Å². The lowest BCUT2D eigenvalue weighted by Crippen LogP contribution is -2.25. The van der Waals surface area contributed by atoms with Crippen LogP contribution >= 0.6 is 0 Å². The van der Waals surface area contributed by atoms with Crippen molar-refractivity contribution >= 4 is 0 Å². The maximum Gasteiger partial charge on any atom is -0.0320 e. The monoisotopic (exact) mass is 165 g/mol. The lowest BCUT2D eigenvalue weighted by atomic mass is 9.71. The Morgan fingerprint density at radius 1 is 1.33 bits per heavy atom. The second-order valence-electron chi connectivity index (χ2n) is 5.52. The van der Waals surface area contributed by atoms with E-state index in [0.29, 0.717) is 5.41 Å². The lowest BCUT2D eigenvalue weighted by Gasteiger charge is -2.34. The molecule has 0 N–H and O–H groups in total. The summed E-state index contributed by atoms with van der Waals surface area (Å²) in [6.07, 6.45) is 8.35. The van der Waals surface area contributed by atoms with Crippen molar-refractivity contribution in [1.29, 1.82) is 0 Å². The third-order valence-corrected chi connectivity index (χ3v) is 4.13. The second-order valence-corrected chi connectivity index (χ2v) is 5.52. The molecular weight excluding hydrogens is 144 g/mol. The van der Waals surface area contributed by atoms with Crippen molar-refractivity contribution in [3.8, 4) is 0 Å². The summed E-state index contributed by atoms with van der Waals surface area (Å²) in [5.74, 6) is 2.90. The van der Waals surface area contributed by atoms with Crippen molar-refractivity contribution < 1.29 is 0 Å². The highest BCUT2D eigenvalue weighted by Gasteiger charge is 2.46. The average molecular weight is 165 g/mol. The fourth-order valence-corrected chi connectivity index (χ4v) is 3.66. The molecule has 2 rings (SSSR count). The zero-order chi connectivity index (χ0) is 8.77. The number of hydrogen-bond acceptors (Lipinski definition) is 0. The highest BCUT2D eigenvalue weighted by Crippen LogP contribution is 2.55. The molecule has 0 aromatic heterocycles. The maximum absolute atomic E-state index is 2.60. The molecule has 3 atom stereocenters. The molecule has 0 heterocycles. The zero-order valence-corrected chi connectivity index (χ0v) is 8.64. The minimum atomic E-state index is 0.626. The van der Waals surface area contributed by atoms with E-state index in [4.69, 9.17) is 0 Å². The first-order chi connectivity index (χ1) is 5.61. The van der Waals surface area contributed by atoms with Gasteiger partial charge in [-0.05, 0) is 48.9 Å². The van der Waals surface area contributed by atoms with Crippen LogP contribution in [-0.2, 0) is 0 Å². The van der Waals surface area contributed by atoms with Crippen LogP contribution in [0, 0.1) is 29.6 Å². The molecule has 0 aliphatic heterocycles. The molecule has 3 unspecified atom stereocenters. The Hall–Kier alpha value is 0. The minimum absolute atomic E-state index is 0.626. The van der Waals surface area contributed by atoms with E-state index < -0.39 is 0 Å². The molecule has 0 saturated heterocycles. The molecule has 0 heteroatoms. The quantitative estimate of drug-likeness (QED) is 0.513. The first-order valence-electron chi connectivity index (χ1n) is 5.44. The molecule has 2 aliphatic rings. The molecular formula is C12H21. The predicted octanol–water partition coefficient (Wildman–Crippen LogP) is 3.67. The summed E-state index contributed by atoms with van der Waals surface area (Å²) >= 11 is 0. The summed E-state index contributed by atoms with van der Waals surface area (Å²) in [6.45, 7) is 7.37. The summed E-state index contributed by atoms with van der Waals surface area (Å²) in [4.78, 5) is 0. The number of fused-ring (bicyclic) bond motifs is 1. The van der Waals surface area contributed by atoms with Crippen LogP contribution in [0.5, 0.6) is 0 Å². The molecule has 0 aromatic carbocycles. The number of hydrogen-bond donors (Lipinski definition) is 0. The molecule has 0 amide bonds. The topological polar surface area (TPSA) is 0 Å². The van der Waals surface area contributed by atoms with Crippen LogP contribution < -0.4 is 0 Å². The minimum Gasteiger partial charge on any atom is -0.0622 e. The maximum atomic E-state index is 2.60. The fraction of sp³-hybridized carbons (Fsp3) is 0.917. The molecule has 0 bridgehead atoms. The van der Waals surface area contributed by atoms with Gasteiger partial charge in [-0.3, -0.25) is 0 Å². The van der Waals surface area contributed by atoms with Gasteiger partial charge in [0.15, 0.2) is 0 Å². The molecule has 0 spiro atoms. The van der Waals surface area contributed by atoms with Crippen molar-refractivity contribution in [1.82, 2.24) is 0 Å². The standard InChI is InChI=1S/C12H21/c1-9-8-12(2,3)11-7-5-4-6-10(9)11/h6,9-11H,4-5,7-8H2,1-3H3. The highest BCUT2D eigenvalue weighted by atomic mass is 14.5. The van der Waals surface area contributed by atoms with E-state index in [1.165, 1.54) is 25.7 Å². The lowest BCUT2D eigenvalue weighted by molar-refractivity contribution is 0.190. The Kier molecular flexibility index (Phi) is 1.97. The molecule has 0 nitrogen and oxygen atoms in total. The summed E-state index contributed by atoms with van der Waals surface area (Å²) in [6, 6.07) is 0. The molecule has 2 fully saturated rings. The Balaban J connectivity index is 2.16. The summed E-state index contributed by atoms with van der Waals surface area (Å²) in [5, 5.41) is 0. The van der Waals surface area contributed by atoms with E-state index in [1.54, 1.807) is 0 Å². The first-order valence-corrected chi connectivity index (χ1v) is 5.44. The Morgan fingerprint density at radius 2 is 2.08 bits per heavy atom. The first kappa shape index (κ1) is 8.59. The zero-order valence-electron chi connectivity index (χ0n) is 8.64. The second kappa shape index (κ2) is 2.75. The number of rotatable bonds is 0. The molecule has 2 saturated carbocycles. The third-order valence-electron chi connectivity index (χ3n) is 4.13. The van der Waals surface area contributed by atoms with E-state index in [9.17, 15) is 0 Å². The Morgan fingerprint density at radius 3 is 2.75 bits per heavy atom. The van der Waals surface area contributed by atoms with Crippen LogP contribution in [0.25, 0.3) is 0 Å². The van der Waals surface area contributed by atoms with Crippen LogP contribution in [0.4, 0.5) is 0 Å². The summed E-state index contributed by atoms with van der Waals surface area (Å²) < 4.78 is 0. The van der Waals surface area contributed by atoms with Gasteiger partial charge in [0.2, 0.25) is 0 Å². The van der Waals surface area contributed by atoms with Crippen molar-refractivity contribution in [3.63, 3.8) is 0 Å². The Bertz CT molecular complexity index is 169. The van der Waals surface area contributed by atoms with Gasteiger partial charge in [-0.2, -0.15) is 0 Å². The van der Waals surface area contributed by atoms with Gasteiger partial charge in [-0.1, -0.05) is 27.2 Å². The molecule has 69 valence electrons. The summed E-state index contributed by atoms with van der Waals surface area (Å²) in [7, 11) is 0. The van der Waals surface area contributed by atoms with E-state index in [1.807, 2.05) is 0 Å². The SMILES string of the molecule is CC1CC(C)(C)C2CCC[CH]C12. The molecule has 1 radical (unpaired) electrons. The van der Waals surface area contributed by atoms with Gasteiger partial charge in [-0.25, -0.2) is 0 Å². The third kappa shape index (κ3) is 1.20.